The van der Waals surface area contributed by atoms with Gasteiger partial charge in [0.05, 0.1) is 11.9 Å². The molecular weight excluding hydrogens is 306 g/mol. The van der Waals surface area contributed by atoms with Gasteiger partial charge in [-0.3, -0.25) is 4.68 Å². The van der Waals surface area contributed by atoms with E-state index < -0.39 is 0 Å². The maximum atomic E-state index is 12.2. The molecule has 7 heteroatoms. The van der Waals surface area contributed by atoms with E-state index in [0.29, 0.717) is 12.5 Å². The van der Waals surface area contributed by atoms with Crippen molar-refractivity contribution in [2.75, 3.05) is 31.1 Å². The molecule has 7 nitrogen and oxygen atoms in total. The largest absolute Gasteiger partial charge is 0.396 e. The number of rotatable bonds is 8. The number of aliphatic hydroxyl groups is 1. The Morgan fingerprint density at radius 1 is 1.50 bits per heavy atom. The Balaban J connectivity index is 1.76. The molecule has 0 aromatic carbocycles. The Kier molecular flexibility index (Phi) is 7.36. The normalized spacial score (nSPS) is 19.1. The number of aliphatic hydroxyl groups excluding tert-OH is 1. The number of anilines is 1. The highest BCUT2D eigenvalue weighted by molar-refractivity contribution is 5.74. The van der Waals surface area contributed by atoms with Crippen molar-refractivity contribution in [3.63, 3.8) is 0 Å². The molecule has 2 unspecified atom stereocenters. The van der Waals surface area contributed by atoms with Crippen LogP contribution in [0.4, 0.5) is 10.5 Å². The summed E-state index contributed by atoms with van der Waals surface area (Å²) in [6, 6.07) is 0.0495. The highest BCUT2D eigenvalue weighted by atomic mass is 16.3. The SMILES string of the molecule is CCCC(CCO)CNC(=O)NC1CCCN(c2cnn(C)c2)C1. The minimum absolute atomic E-state index is 0.105. The quantitative estimate of drug-likeness (QED) is 0.671. The van der Waals surface area contributed by atoms with Crippen molar-refractivity contribution >= 4 is 11.7 Å². The molecule has 136 valence electrons. The number of amides is 2. The molecule has 3 N–H and O–H groups in total. The van der Waals surface area contributed by atoms with Gasteiger partial charge in [0, 0.05) is 45.5 Å². The first-order valence-corrected chi connectivity index (χ1v) is 9.01. The molecule has 1 saturated heterocycles. The standard InChI is InChI=1S/C17H31N5O2/c1-3-5-14(7-9-23)10-18-17(24)20-15-6-4-8-22(12-15)16-11-19-21(2)13-16/h11,13-15,23H,3-10,12H2,1-2H3,(H2,18,20,24). The number of hydrogen-bond donors (Lipinski definition) is 3. The Labute approximate surface area is 144 Å². The summed E-state index contributed by atoms with van der Waals surface area (Å²) >= 11 is 0. The van der Waals surface area contributed by atoms with E-state index in [9.17, 15) is 4.79 Å². The third-order valence-corrected chi connectivity index (χ3v) is 4.60. The van der Waals surface area contributed by atoms with E-state index in [1.807, 2.05) is 19.4 Å². The number of carbonyl (C=O) groups excluding carboxylic acids is 1. The first-order chi connectivity index (χ1) is 11.6. The summed E-state index contributed by atoms with van der Waals surface area (Å²) in [7, 11) is 1.91. The summed E-state index contributed by atoms with van der Waals surface area (Å²) in [5, 5.41) is 19.4. The second-order valence-corrected chi connectivity index (χ2v) is 6.68. The second kappa shape index (κ2) is 9.52. The van der Waals surface area contributed by atoms with E-state index in [-0.39, 0.29) is 18.7 Å². The molecule has 0 spiro atoms. The van der Waals surface area contributed by atoms with Gasteiger partial charge in [0.15, 0.2) is 0 Å². The number of urea groups is 1. The highest BCUT2D eigenvalue weighted by Gasteiger charge is 2.22. The van der Waals surface area contributed by atoms with Crippen molar-refractivity contribution < 1.29 is 9.90 Å². The van der Waals surface area contributed by atoms with Crippen molar-refractivity contribution in [1.29, 1.82) is 0 Å². The average molecular weight is 337 g/mol. The zero-order chi connectivity index (χ0) is 17.4. The summed E-state index contributed by atoms with van der Waals surface area (Å²) < 4.78 is 1.80. The van der Waals surface area contributed by atoms with Crippen LogP contribution >= 0.6 is 0 Å². The van der Waals surface area contributed by atoms with Gasteiger partial charge in [0.2, 0.25) is 0 Å². The summed E-state index contributed by atoms with van der Waals surface area (Å²) in [4.78, 5) is 14.4. The Hall–Kier alpha value is -1.76. The van der Waals surface area contributed by atoms with E-state index >= 15 is 0 Å². The highest BCUT2D eigenvalue weighted by Crippen LogP contribution is 2.19. The zero-order valence-corrected chi connectivity index (χ0v) is 14.9. The third kappa shape index (κ3) is 5.70. The van der Waals surface area contributed by atoms with E-state index in [1.165, 1.54) is 0 Å². The van der Waals surface area contributed by atoms with Crippen LogP contribution in [-0.2, 0) is 7.05 Å². The number of hydrogen-bond acceptors (Lipinski definition) is 4. The van der Waals surface area contributed by atoms with Gasteiger partial charge in [-0.25, -0.2) is 4.79 Å². The second-order valence-electron chi connectivity index (χ2n) is 6.68. The number of piperidine rings is 1. The van der Waals surface area contributed by atoms with E-state index in [4.69, 9.17) is 5.11 Å². The van der Waals surface area contributed by atoms with Crippen molar-refractivity contribution in [2.45, 2.75) is 45.1 Å². The fourth-order valence-electron chi connectivity index (χ4n) is 3.31. The monoisotopic (exact) mass is 337 g/mol. The molecule has 24 heavy (non-hydrogen) atoms. The fourth-order valence-corrected chi connectivity index (χ4v) is 3.31. The summed E-state index contributed by atoms with van der Waals surface area (Å²) in [5.41, 5.74) is 1.11. The first kappa shape index (κ1) is 18.6. The maximum Gasteiger partial charge on any atom is 0.315 e. The van der Waals surface area contributed by atoms with Crippen LogP contribution in [0.1, 0.15) is 39.0 Å². The number of carbonyl (C=O) groups is 1. The topological polar surface area (TPSA) is 82.4 Å². The van der Waals surface area contributed by atoms with Crippen LogP contribution in [-0.4, -0.2) is 53.2 Å². The van der Waals surface area contributed by atoms with Gasteiger partial charge in [-0.2, -0.15) is 5.10 Å². The number of nitrogens with one attached hydrogen (secondary N) is 2. The van der Waals surface area contributed by atoms with Crippen LogP contribution in [0.5, 0.6) is 0 Å². The minimum Gasteiger partial charge on any atom is -0.396 e. The third-order valence-electron chi connectivity index (χ3n) is 4.60. The Morgan fingerprint density at radius 3 is 3.00 bits per heavy atom. The molecule has 1 aromatic heterocycles. The van der Waals surface area contributed by atoms with Gasteiger partial charge >= 0.3 is 6.03 Å². The summed E-state index contributed by atoms with van der Waals surface area (Å²) in [6.07, 6.45) is 8.77. The molecule has 1 aliphatic heterocycles. The van der Waals surface area contributed by atoms with E-state index in [1.54, 1.807) is 4.68 Å². The van der Waals surface area contributed by atoms with Crippen LogP contribution in [0.2, 0.25) is 0 Å². The van der Waals surface area contributed by atoms with Crippen molar-refractivity contribution in [3.8, 4) is 0 Å². The maximum absolute atomic E-state index is 12.2. The molecule has 2 atom stereocenters. The zero-order valence-electron chi connectivity index (χ0n) is 14.9. The molecule has 2 rings (SSSR count). The fraction of sp³-hybridized carbons (Fsp3) is 0.765. The molecular formula is C17H31N5O2. The summed E-state index contributed by atoms with van der Waals surface area (Å²) in [6.45, 7) is 4.74. The summed E-state index contributed by atoms with van der Waals surface area (Å²) in [5.74, 6) is 0.351. The molecule has 2 heterocycles. The lowest BCUT2D eigenvalue weighted by atomic mass is 10.0. The van der Waals surface area contributed by atoms with Gasteiger partial charge < -0.3 is 20.6 Å². The molecule has 1 aliphatic rings. The lowest BCUT2D eigenvalue weighted by molar-refractivity contribution is 0.225. The number of aromatic nitrogens is 2. The minimum atomic E-state index is -0.105. The van der Waals surface area contributed by atoms with Gasteiger partial charge in [0.25, 0.3) is 0 Å². The van der Waals surface area contributed by atoms with Gasteiger partial charge in [-0.1, -0.05) is 13.3 Å². The molecule has 2 amide bonds. The number of aryl methyl sites for hydroxylation is 1. The van der Waals surface area contributed by atoms with Crippen molar-refractivity contribution in [2.24, 2.45) is 13.0 Å². The Bertz CT molecular complexity index is 499. The Morgan fingerprint density at radius 2 is 2.33 bits per heavy atom. The molecule has 0 radical (unpaired) electrons. The molecule has 1 fully saturated rings. The van der Waals surface area contributed by atoms with Crippen LogP contribution in [0, 0.1) is 5.92 Å². The van der Waals surface area contributed by atoms with Gasteiger partial charge in [0.1, 0.15) is 0 Å². The lowest BCUT2D eigenvalue weighted by Gasteiger charge is -2.33. The smallest absolute Gasteiger partial charge is 0.315 e. The molecule has 1 aromatic rings. The van der Waals surface area contributed by atoms with Gasteiger partial charge in [-0.15, -0.1) is 0 Å². The molecule has 0 aliphatic carbocycles. The lowest BCUT2D eigenvalue weighted by Crippen LogP contribution is -2.51. The van der Waals surface area contributed by atoms with Gasteiger partial charge in [-0.05, 0) is 31.6 Å². The van der Waals surface area contributed by atoms with E-state index in [0.717, 1.165) is 50.9 Å². The van der Waals surface area contributed by atoms with E-state index in [2.05, 4.69) is 27.6 Å². The predicted octanol–water partition coefficient (Wildman–Crippen LogP) is 1.49. The van der Waals surface area contributed by atoms with Crippen molar-refractivity contribution in [1.82, 2.24) is 20.4 Å². The number of nitrogens with zero attached hydrogens (tertiary/aromatic N) is 3. The van der Waals surface area contributed by atoms with Crippen LogP contribution < -0.4 is 15.5 Å². The molecule has 0 saturated carbocycles. The van der Waals surface area contributed by atoms with Crippen LogP contribution in [0.25, 0.3) is 0 Å². The average Bonchev–Trinajstić information content (AvgIpc) is 3.00. The van der Waals surface area contributed by atoms with Crippen LogP contribution in [0.15, 0.2) is 12.4 Å². The van der Waals surface area contributed by atoms with Crippen LogP contribution in [0.3, 0.4) is 0 Å². The molecule has 0 bridgehead atoms. The predicted molar refractivity (Wildman–Crippen MR) is 95.1 cm³/mol. The van der Waals surface area contributed by atoms with Crippen molar-refractivity contribution in [3.05, 3.63) is 12.4 Å². The first-order valence-electron chi connectivity index (χ1n) is 9.01.